The maximum atomic E-state index is 6.06. The lowest BCUT2D eigenvalue weighted by atomic mass is 9.95. The summed E-state index contributed by atoms with van der Waals surface area (Å²) in [6, 6.07) is 22.9. The van der Waals surface area contributed by atoms with Crippen LogP contribution in [0.1, 0.15) is 5.56 Å². The number of hydrogen-bond acceptors (Lipinski definition) is 3. The minimum absolute atomic E-state index is 0. The van der Waals surface area contributed by atoms with Gasteiger partial charge in [0.25, 0.3) is 0 Å². The van der Waals surface area contributed by atoms with Gasteiger partial charge in [0, 0.05) is 16.3 Å². The highest BCUT2D eigenvalue weighted by Gasteiger charge is 2.22. The third-order valence-corrected chi connectivity index (χ3v) is 5.16. The Morgan fingerprint density at radius 1 is 0.778 bits per heavy atom. The van der Waals surface area contributed by atoms with Crippen molar-refractivity contribution in [3.8, 4) is 17.0 Å². The van der Waals surface area contributed by atoms with E-state index in [1.54, 1.807) is 0 Å². The molecule has 3 heterocycles. The zero-order chi connectivity index (χ0) is 17.1. The number of pyridine rings is 2. The van der Waals surface area contributed by atoms with Crippen molar-refractivity contribution in [3.63, 3.8) is 0 Å². The van der Waals surface area contributed by atoms with Crippen LogP contribution in [-0.4, -0.2) is 9.97 Å². The lowest BCUT2D eigenvalue weighted by Gasteiger charge is -2.22. The first-order valence-corrected chi connectivity index (χ1v) is 8.71. The number of rotatable bonds is 0. The van der Waals surface area contributed by atoms with E-state index in [-0.39, 0.29) is 12.4 Å². The van der Waals surface area contributed by atoms with Gasteiger partial charge in [-0.3, -0.25) is 4.98 Å². The Bertz CT molecular complexity index is 1350. The summed E-state index contributed by atoms with van der Waals surface area (Å²) in [4.78, 5) is 9.60. The highest BCUT2D eigenvalue weighted by molar-refractivity contribution is 6.06. The normalized spacial score (nSPS) is 12.3. The topological polar surface area (TPSA) is 35.0 Å². The number of fused-ring (bicyclic) bond motifs is 8. The number of aromatic nitrogens is 2. The van der Waals surface area contributed by atoms with Crippen LogP contribution < -0.4 is 4.74 Å². The number of hydrogen-bond donors (Lipinski definition) is 0. The van der Waals surface area contributed by atoms with Gasteiger partial charge in [-0.2, -0.15) is 0 Å². The van der Waals surface area contributed by atoms with Gasteiger partial charge in [0.05, 0.1) is 28.5 Å². The molecule has 0 saturated heterocycles. The summed E-state index contributed by atoms with van der Waals surface area (Å²) >= 11 is 0. The lowest BCUT2D eigenvalue weighted by molar-refractivity contribution is 0.302. The first-order chi connectivity index (χ1) is 12.9. The molecule has 6 rings (SSSR count). The molecular formula is C23H15ClN2O. The smallest absolute Gasteiger partial charge is 0.129 e. The molecule has 0 radical (unpaired) electrons. The molecule has 3 nitrogen and oxygen atoms in total. The van der Waals surface area contributed by atoms with Crippen molar-refractivity contribution in [1.82, 2.24) is 9.97 Å². The average Bonchev–Trinajstić information content (AvgIpc) is 2.71. The fourth-order valence-electron chi connectivity index (χ4n) is 3.93. The molecular weight excluding hydrogens is 356 g/mol. The first-order valence-electron chi connectivity index (χ1n) is 8.71. The van der Waals surface area contributed by atoms with E-state index in [9.17, 15) is 0 Å². The highest BCUT2D eigenvalue weighted by Crippen LogP contribution is 2.42. The fourth-order valence-corrected chi connectivity index (χ4v) is 3.93. The third kappa shape index (κ3) is 2.29. The first kappa shape index (κ1) is 16.0. The Kier molecular flexibility index (Phi) is 3.52. The van der Waals surface area contributed by atoms with Gasteiger partial charge in [-0.05, 0) is 29.0 Å². The number of benzene rings is 3. The van der Waals surface area contributed by atoms with Crippen LogP contribution in [0.2, 0.25) is 0 Å². The molecule has 2 aromatic heterocycles. The summed E-state index contributed by atoms with van der Waals surface area (Å²) in [7, 11) is 0. The van der Waals surface area contributed by atoms with Crippen LogP contribution in [0.4, 0.5) is 0 Å². The summed E-state index contributed by atoms with van der Waals surface area (Å²) in [6.07, 6.45) is 1.87. The van der Waals surface area contributed by atoms with Gasteiger partial charge in [0.15, 0.2) is 0 Å². The highest BCUT2D eigenvalue weighted by atomic mass is 35.5. The summed E-state index contributed by atoms with van der Waals surface area (Å²) in [5.74, 6) is 0.900. The van der Waals surface area contributed by atoms with E-state index in [2.05, 4.69) is 47.4 Å². The van der Waals surface area contributed by atoms with E-state index in [1.165, 1.54) is 10.8 Å². The molecule has 0 aliphatic carbocycles. The Labute approximate surface area is 162 Å². The fraction of sp³-hybridized carbons (Fsp3) is 0.0435. The predicted octanol–water partition coefficient (Wildman–Crippen LogP) is 5.92. The van der Waals surface area contributed by atoms with Crippen LogP contribution in [0.25, 0.3) is 43.8 Å². The second-order valence-electron chi connectivity index (χ2n) is 6.65. The zero-order valence-electron chi connectivity index (χ0n) is 14.3. The molecule has 0 atom stereocenters. The standard InChI is InChI=1S/C23H14N2O.ClH/c1-2-6-16-14(5-1)9-10-21-22(16)23-15(13-26-21)11-18-17-7-3-4-8-19(17)24-12-20(18)25-23;/h1-12H,13H2;1H. The minimum atomic E-state index is 0. The average molecular weight is 371 g/mol. The van der Waals surface area contributed by atoms with Crippen molar-refractivity contribution in [2.24, 2.45) is 0 Å². The van der Waals surface area contributed by atoms with Crippen LogP contribution in [0.5, 0.6) is 5.75 Å². The molecule has 0 bridgehead atoms. The number of nitrogens with zero attached hydrogens (tertiary/aromatic N) is 2. The van der Waals surface area contributed by atoms with Crippen molar-refractivity contribution in [1.29, 1.82) is 0 Å². The van der Waals surface area contributed by atoms with Gasteiger partial charge in [-0.25, -0.2) is 4.98 Å². The van der Waals surface area contributed by atoms with Crippen molar-refractivity contribution in [2.45, 2.75) is 6.61 Å². The van der Waals surface area contributed by atoms with Crippen LogP contribution in [0.3, 0.4) is 0 Å². The van der Waals surface area contributed by atoms with E-state index in [1.807, 2.05) is 30.5 Å². The van der Waals surface area contributed by atoms with Gasteiger partial charge >= 0.3 is 0 Å². The van der Waals surface area contributed by atoms with Gasteiger partial charge in [0.1, 0.15) is 12.4 Å². The summed E-state index contributed by atoms with van der Waals surface area (Å²) in [6.45, 7) is 0.542. The maximum absolute atomic E-state index is 6.06. The molecule has 1 aliphatic rings. The lowest BCUT2D eigenvalue weighted by Crippen LogP contribution is -2.08. The van der Waals surface area contributed by atoms with E-state index in [0.29, 0.717) is 6.61 Å². The summed E-state index contributed by atoms with van der Waals surface area (Å²) in [5, 5.41) is 4.62. The molecule has 5 aromatic rings. The van der Waals surface area contributed by atoms with Crippen LogP contribution >= 0.6 is 12.4 Å². The minimum Gasteiger partial charge on any atom is -0.488 e. The maximum Gasteiger partial charge on any atom is 0.129 e. The summed E-state index contributed by atoms with van der Waals surface area (Å²) in [5.41, 5.74) is 5.12. The number of para-hydroxylation sites is 1. The van der Waals surface area contributed by atoms with Gasteiger partial charge in [-0.15, -0.1) is 12.4 Å². The third-order valence-electron chi connectivity index (χ3n) is 5.16. The van der Waals surface area contributed by atoms with E-state index in [4.69, 9.17) is 9.72 Å². The molecule has 0 spiro atoms. The van der Waals surface area contributed by atoms with Crippen molar-refractivity contribution < 1.29 is 4.74 Å². The quantitative estimate of drug-likeness (QED) is 0.317. The molecule has 4 heteroatoms. The molecule has 0 saturated carbocycles. The Hall–Kier alpha value is -3.17. The molecule has 0 amide bonds. The second-order valence-corrected chi connectivity index (χ2v) is 6.65. The van der Waals surface area contributed by atoms with Crippen molar-refractivity contribution in [3.05, 3.63) is 78.5 Å². The largest absolute Gasteiger partial charge is 0.488 e. The number of halogens is 1. The number of ether oxygens (including phenoxy) is 1. The zero-order valence-corrected chi connectivity index (χ0v) is 15.2. The molecule has 0 N–H and O–H groups in total. The molecule has 3 aromatic carbocycles. The van der Waals surface area contributed by atoms with Crippen LogP contribution in [-0.2, 0) is 6.61 Å². The molecule has 27 heavy (non-hydrogen) atoms. The Morgan fingerprint density at radius 3 is 2.52 bits per heavy atom. The van der Waals surface area contributed by atoms with Crippen LogP contribution in [0, 0.1) is 0 Å². The van der Waals surface area contributed by atoms with E-state index in [0.717, 1.165) is 44.4 Å². The molecule has 0 unspecified atom stereocenters. The van der Waals surface area contributed by atoms with Crippen LogP contribution in [0.15, 0.2) is 72.9 Å². The summed E-state index contributed by atoms with van der Waals surface area (Å²) < 4.78 is 6.06. The van der Waals surface area contributed by atoms with E-state index < -0.39 is 0 Å². The SMILES string of the molecule is Cl.c1ccc2c3c(ccc2c1)OCc1cc2c(cnc4ccccc42)nc1-3. The van der Waals surface area contributed by atoms with E-state index >= 15 is 0 Å². The molecule has 0 fully saturated rings. The van der Waals surface area contributed by atoms with Gasteiger partial charge in [0.2, 0.25) is 0 Å². The Morgan fingerprint density at radius 2 is 1.59 bits per heavy atom. The van der Waals surface area contributed by atoms with Gasteiger partial charge in [-0.1, -0.05) is 48.5 Å². The predicted molar refractivity (Wildman–Crippen MR) is 112 cm³/mol. The molecule has 130 valence electrons. The van der Waals surface area contributed by atoms with Gasteiger partial charge < -0.3 is 4.74 Å². The Balaban J connectivity index is 0.00000160. The van der Waals surface area contributed by atoms with Crippen molar-refractivity contribution in [2.75, 3.05) is 0 Å². The molecule has 1 aliphatic heterocycles. The van der Waals surface area contributed by atoms with Crippen molar-refractivity contribution >= 4 is 45.0 Å². The monoisotopic (exact) mass is 370 g/mol. The second kappa shape index (κ2) is 5.93.